The van der Waals surface area contributed by atoms with Gasteiger partial charge in [0.25, 0.3) is 11.8 Å². The minimum absolute atomic E-state index is 0.0693. The van der Waals surface area contributed by atoms with E-state index in [2.05, 4.69) is 36.8 Å². The van der Waals surface area contributed by atoms with Crippen LogP contribution in [0.15, 0.2) is 28.7 Å². The Balaban J connectivity index is 2.12. The quantitative estimate of drug-likeness (QED) is 0.510. The highest BCUT2D eigenvalue weighted by Crippen LogP contribution is 2.25. The summed E-state index contributed by atoms with van der Waals surface area (Å²) in [7, 11) is 1.27. The number of unbranched alkanes of at least 4 members (excludes halogenated alkanes) is 1. The van der Waals surface area contributed by atoms with Crippen molar-refractivity contribution in [2.75, 3.05) is 12.4 Å². The molecule has 8 nitrogen and oxygen atoms in total. The number of carbonyl (C=O) groups is 3. The van der Waals surface area contributed by atoms with Crippen LogP contribution >= 0.6 is 27.5 Å². The number of hydrogen-bond donors (Lipinski definition) is 3. The Kier molecular flexibility index (Phi) is 8.01. The van der Waals surface area contributed by atoms with Crippen LogP contribution in [0.25, 0.3) is 0 Å². The van der Waals surface area contributed by atoms with Crippen molar-refractivity contribution in [3.8, 4) is 0 Å². The van der Waals surface area contributed by atoms with Crippen LogP contribution in [0, 0.1) is 0 Å². The molecule has 1 heterocycles. The number of methoxy groups -OCH3 is 1. The molecule has 0 aliphatic carbocycles. The van der Waals surface area contributed by atoms with Gasteiger partial charge in [-0.2, -0.15) is 5.10 Å². The van der Waals surface area contributed by atoms with E-state index >= 15 is 0 Å². The molecule has 2 amide bonds. The summed E-state index contributed by atoms with van der Waals surface area (Å²) in [5, 5.41) is 12.0. The predicted octanol–water partition coefficient (Wildman–Crippen LogP) is 3.54. The monoisotopic (exact) mass is 470 g/mol. The summed E-state index contributed by atoms with van der Waals surface area (Å²) in [6.45, 7) is 1.98. The van der Waals surface area contributed by atoms with Crippen molar-refractivity contribution in [1.29, 1.82) is 0 Å². The van der Waals surface area contributed by atoms with E-state index in [0.29, 0.717) is 11.4 Å². The Hall–Kier alpha value is -2.39. The number of ether oxygens (including phenoxy) is 1. The Morgan fingerprint density at radius 2 is 2.00 bits per heavy atom. The fraction of sp³-hybridized carbons (Fsp3) is 0.333. The fourth-order valence-electron chi connectivity index (χ4n) is 2.41. The van der Waals surface area contributed by atoms with Crippen LogP contribution < -0.4 is 10.6 Å². The molecular weight excluding hydrogens is 452 g/mol. The van der Waals surface area contributed by atoms with Gasteiger partial charge < -0.3 is 15.4 Å². The third-order valence-corrected chi connectivity index (χ3v) is 5.02. The molecule has 0 saturated carbocycles. The van der Waals surface area contributed by atoms with Gasteiger partial charge in [0.2, 0.25) is 0 Å². The molecule has 28 heavy (non-hydrogen) atoms. The summed E-state index contributed by atoms with van der Waals surface area (Å²) in [6, 6.07) is 5.79. The molecule has 0 saturated heterocycles. The summed E-state index contributed by atoms with van der Waals surface area (Å²) < 4.78 is 4.99. The molecular formula is C18H20BrClN4O4. The van der Waals surface area contributed by atoms with E-state index in [1.165, 1.54) is 7.11 Å². The van der Waals surface area contributed by atoms with E-state index in [4.69, 9.17) is 16.3 Å². The van der Waals surface area contributed by atoms with Gasteiger partial charge in [-0.05, 0) is 34.5 Å². The van der Waals surface area contributed by atoms with Crippen LogP contribution in [-0.4, -0.2) is 41.1 Å². The Labute approximate surface area is 175 Å². The summed E-state index contributed by atoms with van der Waals surface area (Å²) in [5.74, 6) is -1.42. The molecule has 10 heteroatoms. The first-order valence-electron chi connectivity index (χ1n) is 8.57. The summed E-state index contributed by atoms with van der Waals surface area (Å²) >= 11 is 9.26. The van der Waals surface area contributed by atoms with Gasteiger partial charge in [-0.1, -0.05) is 43.5 Å². The fourth-order valence-corrected chi connectivity index (χ4v) is 3.09. The topological polar surface area (TPSA) is 113 Å². The van der Waals surface area contributed by atoms with E-state index in [1.807, 2.05) is 6.92 Å². The van der Waals surface area contributed by atoms with Gasteiger partial charge in [0, 0.05) is 0 Å². The zero-order valence-corrected chi connectivity index (χ0v) is 17.7. The van der Waals surface area contributed by atoms with Gasteiger partial charge in [-0.3, -0.25) is 14.7 Å². The summed E-state index contributed by atoms with van der Waals surface area (Å²) in [4.78, 5) is 36.8. The van der Waals surface area contributed by atoms with Gasteiger partial charge in [-0.15, -0.1) is 0 Å². The second-order valence-corrected chi connectivity index (χ2v) is 7.09. The van der Waals surface area contributed by atoms with Gasteiger partial charge in [0.05, 0.1) is 22.2 Å². The van der Waals surface area contributed by atoms with Crippen molar-refractivity contribution in [3.05, 3.63) is 45.0 Å². The van der Waals surface area contributed by atoms with Crippen LogP contribution in [0.2, 0.25) is 5.02 Å². The number of amides is 2. The molecule has 1 unspecified atom stereocenters. The smallest absolute Gasteiger partial charge is 0.328 e. The molecule has 3 N–H and O–H groups in total. The third-order valence-electron chi connectivity index (χ3n) is 3.92. The van der Waals surface area contributed by atoms with E-state index in [-0.39, 0.29) is 21.5 Å². The zero-order chi connectivity index (χ0) is 20.7. The van der Waals surface area contributed by atoms with E-state index in [9.17, 15) is 14.4 Å². The van der Waals surface area contributed by atoms with Gasteiger partial charge in [-0.25, -0.2) is 4.79 Å². The first-order chi connectivity index (χ1) is 13.4. The lowest BCUT2D eigenvalue weighted by molar-refractivity contribution is -0.143. The Morgan fingerprint density at radius 1 is 1.29 bits per heavy atom. The molecule has 1 aromatic carbocycles. The highest BCUT2D eigenvalue weighted by Gasteiger charge is 2.25. The molecule has 1 aromatic heterocycles. The van der Waals surface area contributed by atoms with E-state index < -0.39 is 23.8 Å². The molecule has 0 radical (unpaired) electrons. The first kappa shape index (κ1) is 21.9. The summed E-state index contributed by atoms with van der Waals surface area (Å²) in [6.07, 6.45) is 2.08. The molecule has 150 valence electrons. The van der Waals surface area contributed by atoms with E-state index in [0.717, 1.165) is 12.8 Å². The maximum absolute atomic E-state index is 12.5. The molecule has 0 aliphatic heterocycles. The number of H-pyrrole nitrogens is 1. The Bertz CT molecular complexity index is 871. The summed E-state index contributed by atoms with van der Waals surface area (Å²) in [5.41, 5.74) is 0.343. The maximum atomic E-state index is 12.5. The minimum atomic E-state index is -0.770. The van der Waals surface area contributed by atoms with Gasteiger partial charge >= 0.3 is 5.97 Å². The van der Waals surface area contributed by atoms with Crippen LogP contribution in [0.5, 0.6) is 0 Å². The average molecular weight is 472 g/mol. The molecule has 0 aliphatic rings. The number of carbonyl (C=O) groups excluding carboxylic acids is 3. The van der Waals surface area contributed by atoms with Crippen molar-refractivity contribution >= 4 is 51.1 Å². The number of aromatic nitrogens is 2. The van der Waals surface area contributed by atoms with Crippen molar-refractivity contribution in [1.82, 2.24) is 15.5 Å². The molecule has 2 aromatic rings. The molecule has 2 rings (SSSR count). The van der Waals surface area contributed by atoms with Crippen molar-refractivity contribution in [2.24, 2.45) is 0 Å². The second kappa shape index (κ2) is 10.2. The number of aromatic amines is 1. The molecule has 0 bridgehead atoms. The lowest BCUT2D eigenvalue weighted by atomic mass is 10.1. The Morgan fingerprint density at radius 3 is 2.64 bits per heavy atom. The number of anilines is 1. The normalized spacial score (nSPS) is 11.6. The highest BCUT2D eigenvalue weighted by atomic mass is 79.9. The van der Waals surface area contributed by atoms with Crippen molar-refractivity contribution < 1.29 is 19.1 Å². The number of benzene rings is 1. The van der Waals surface area contributed by atoms with Crippen LogP contribution in [-0.2, 0) is 9.53 Å². The number of esters is 1. The van der Waals surface area contributed by atoms with Gasteiger partial charge in [0.1, 0.15) is 11.7 Å². The van der Waals surface area contributed by atoms with Crippen molar-refractivity contribution in [3.63, 3.8) is 0 Å². The number of halogens is 2. The number of nitrogens with zero attached hydrogens (tertiary/aromatic N) is 1. The lowest BCUT2D eigenvalue weighted by Crippen LogP contribution is -2.41. The van der Waals surface area contributed by atoms with Gasteiger partial charge in [0.15, 0.2) is 5.82 Å². The SMILES string of the molecule is CCCCC(NC(=O)c1[nH]nc(NC(=O)c2ccccc2Cl)c1Br)C(=O)OC. The number of nitrogens with one attached hydrogen (secondary N) is 3. The molecule has 0 spiro atoms. The van der Waals surface area contributed by atoms with Crippen LogP contribution in [0.1, 0.15) is 47.0 Å². The predicted molar refractivity (Wildman–Crippen MR) is 108 cm³/mol. The first-order valence-corrected chi connectivity index (χ1v) is 9.74. The lowest BCUT2D eigenvalue weighted by Gasteiger charge is -2.15. The third kappa shape index (κ3) is 5.32. The van der Waals surface area contributed by atoms with Crippen LogP contribution in [0.4, 0.5) is 5.82 Å². The zero-order valence-electron chi connectivity index (χ0n) is 15.3. The van der Waals surface area contributed by atoms with Crippen LogP contribution in [0.3, 0.4) is 0 Å². The second-order valence-electron chi connectivity index (χ2n) is 5.89. The van der Waals surface area contributed by atoms with E-state index in [1.54, 1.807) is 24.3 Å². The standard InChI is InChI=1S/C18H20BrClN4O4/c1-3-4-9-12(18(27)28-2)21-17(26)14-13(19)15(24-23-14)22-16(25)10-7-5-6-8-11(10)20/h5-8,12H,3-4,9H2,1-2H3,(H,21,26)(H2,22,23,24,25). The number of hydrogen-bond acceptors (Lipinski definition) is 5. The highest BCUT2D eigenvalue weighted by molar-refractivity contribution is 9.10. The molecule has 1 atom stereocenters. The average Bonchev–Trinajstić information content (AvgIpc) is 3.05. The minimum Gasteiger partial charge on any atom is -0.467 e. The number of rotatable bonds is 8. The maximum Gasteiger partial charge on any atom is 0.328 e. The largest absolute Gasteiger partial charge is 0.467 e. The van der Waals surface area contributed by atoms with Crippen molar-refractivity contribution in [2.45, 2.75) is 32.2 Å². The molecule has 0 fully saturated rings.